The third-order valence-electron chi connectivity index (χ3n) is 4.64. The number of benzene rings is 1. The summed E-state index contributed by atoms with van der Waals surface area (Å²) in [6, 6.07) is 7.43. The topological polar surface area (TPSA) is 87.7 Å². The van der Waals surface area contributed by atoms with Crippen molar-refractivity contribution < 1.29 is 18.0 Å². The summed E-state index contributed by atoms with van der Waals surface area (Å²) in [5.41, 5.74) is 1.28. The minimum absolute atomic E-state index is 0.0991. The molecule has 0 saturated heterocycles. The van der Waals surface area contributed by atoms with E-state index >= 15 is 0 Å². The molecule has 0 spiro atoms. The fourth-order valence-electron chi connectivity index (χ4n) is 2.87. The molecule has 6 nitrogen and oxygen atoms in total. The molecule has 0 saturated carbocycles. The zero-order valence-corrected chi connectivity index (χ0v) is 17.2. The molecular formula is C22H21F3N4O2. The highest BCUT2D eigenvalue weighted by atomic mass is 19.4. The maximum Gasteiger partial charge on any atom is 0.416 e. The van der Waals surface area contributed by atoms with Crippen LogP contribution < -0.4 is 10.9 Å². The van der Waals surface area contributed by atoms with E-state index in [0.29, 0.717) is 16.8 Å². The number of carbonyl (C=O) groups is 1. The fourth-order valence-corrected chi connectivity index (χ4v) is 2.87. The standard InChI is InChI=1S/C22H21F3N4O2/c1-12(2)21(31)27-11-14-8-17(13(3)26-10-14)20-28-18(9-19(30)29-20)15-4-6-16(7-5-15)22(23,24)25/h4-10,12H,11H2,1-3H3,(H,27,31)(H,28,29,30). The number of amides is 1. The smallest absolute Gasteiger partial charge is 0.352 e. The Kier molecular flexibility index (Phi) is 6.24. The average Bonchev–Trinajstić information content (AvgIpc) is 2.71. The van der Waals surface area contributed by atoms with Gasteiger partial charge in [-0.2, -0.15) is 13.2 Å². The van der Waals surface area contributed by atoms with Crippen LogP contribution in [0.5, 0.6) is 0 Å². The van der Waals surface area contributed by atoms with Gasteiger partial charge in [-0.25, -0.2) is 4.98 Å². The monoisotopic (exact) mass is 430 g/mol. The normalized spacial score (nSPS) is 11.6. The van der Waals surface area contributed by atoms with Gasteiger partial charge in [0.2, 0.25) is 5.91 Å². The summed E-state index contributed by atoms with van der Waals surface area (Å²) < 4.78 is 38.4. The van der Waals surface area contributed by atoms with Crippen LogP contribution >= 0.6 is 0 Å². The molecule has 2 N–H and O–H groups in total. The lowest BCUT2D eigenvalue weighted by Crippen LogP contribution is -2.27. The number of pyridine rings is 1. The lowest BCUT2D eigenvalue weighted by atomic mass is 10.1. The number of halogens is 3. The fraction of sp³-hybridized carbons (Fsp3) is 0.273. The molecule has 0 aliphatic heterocycles. The number of nitrogens with one attached hydrogen (secondary N) is 2. The number of rotatable bonds is 5. The Morgan fingerprint density at radius 2 is 1.84 bits per heavy atom. The quantitative estimate of drug-likeness (QED) is 0.638. The lowest BCUT2D eigenvalue weighted by molar-refractivity contribution is -0.137. The summed E-state index contributed by atoms with van der Waals surface area (Å²) in [4.78, 5) is 35.4. The van der Waals surface area contributed by atoms with Gasteiger partial charge in [0.05, 0.1) is 11.3 Å². The molecule has 0 bridgehead atoms. The molecule has 0 fully saturated rings. The molecule has 9 heteroatoms. The van der Waals surface area contributed by atoms with Gasteiger partial charge in [0.1, 0.15) is 5.82 Å². The van der Waals surface area contributed by atoms with Crippen LogP contribution in [0, 0.1) is 12.8 Å². The predicted molar refractivity (Wildman–Crippen MR) is 110 cm³/mol. The van der Waals surface area contributed by atoms with E-state index in [1.165, 1.54) is 18.2 Å². The molecule has 2 heterocycles. The Morgan fingerprint density at radius 1 is 1.16 bits per heavy atom. The van der Waals surface area contributed by atoms with Gasteiger partial charge >= 0.3 is 6.18 Å². The summed E-state index contributed by atoms with van der Waals surface area (Å²) in [6.07, 6.45) is -2.82. The van der Waals surface area contributed by atoms with Crippen molar-refractivity contribution in [3.63, 3.8) is 0 Å². The first-order chi connectivity index (χ1) is 14.5. The van der Waals surface area contributed by atoms with Crippen LogP contribution in [0.3, 0.4) is 0 Å². The van der Waals surface area contributed by atoms with Crippen molar-refractivity contribution in [2.75, 3.05) is 0 Å². The van der Waals surface area contributed by atoms with Crippen molar-refractivity contribution >= 4 is 5.91 Å². The number of aromatic amines is 1. The Labute approximate surface area is 176 Å². The van der Waals surface area contributed by atoms with Crippen LogP contribution in [0.15, 0.2) is 47.4 Å². The van der Waals surface area contributed by atoms with E-state index in [0.717, 1.165) is 17.7 Å². The molecule has 1 amide bonds. The van der Waals surface area contributed by atoms with Crippen molar-refractivity contribution in [3.05, 3.63) is 69.8 Å². The Balaban J connectivity index is 1.95. The number of hydrogen-bond acceptors (Lipinski definition) is 4. The first-order valence-corrected chi connectivity index (χ1v) is 9.57. The van der Waals surface area contributed by atoms with Crippen LogP contribution in [0.4, 0.5) is 13.2 Å². The second-order valence-corrected chi connectivity index (χ2v) is 7.40. The Hall–Kier alpha value is -3.49. The van der Waals surface area contributed by atoms with E-state index in [2.05, 4.69) is 20.3 Å². The molecule has 162 valence electrons. The second kappa shape index (κ2) is 8.71. The van der Waals surface area contributed by atoms with Crippen molar-refractivity contribution in [1.82, 2.24) is 20.3 Å². The van der Waals surface area contributed by atoms with Crippen LogP contribution in [0.25, 0.3) is 22.6 Å². The molecule has 0 aliphatic rings. The summed E-state index contributed by atoms with van der Waals surface area (Å²) in [5, 5.41) is 2.80. The van der Waals surface area contributed by atoms with E-state index in [-0.39, 0.29) is 29.9 Å². The molecule has 1 aromatic carbocycles. The van der Waals surface area contributed by atoms with Gasteiger partial charge in [0.15, 0.2) is 0 Å². The predicted octanol–water partition coefficient (Wildman–Crippen LogP) is 4.10. The van der Waals surface area contributed by atoms with Gasteiger partial charge in [-0.05, 0) is 30.7 Å². The van der Waals surface area contributed by atoms with Crippen LogP contribution in [-0.4, -0.2) is 20.9 Å². The largest absolute Gasteiger partial charge is 0.416 e. The van der Waals surface area contributed by atoms with E-state index in [1.54, 1.807) is 33.0 Å². The third kappa shape index (κ3) is 5.36. The molecule has 0 atom stereocenters. The van der Waals surface area contributed by atoms with Gasteiger partial charge in [-0.3, -0.25) is 14.6 Å². The third-order valence-corrected chi connectivity index (χ3v) is 4.64. The first kappa shape index (κ1) is 22.2. The van der Waals surface area contributed by atoms with Crippen LogP contribution in [0.2, 0.25) is 0 Å². The van der Waals surface area contributed by atoms with Crippen LogP contribution in [0.1, 0.15) is 30.7 Å². The highest BCUT2D eigenvalue weighted by molar-refractivity contribution is 5.77. The SMILES string of the molecule is Cc1ncc(CNC(=O)C(C)C)cc1-c1nc(-c2ccc(C(F)(F)F)cc2)cc(=O)[nH]1. The van der Waals surface area contributed by atoms with Gasteiger partial charge in [0.25, 0.3) is 5.56 Å². The lowest BCUT2D eigenvalue weighted by Gasteiger charge is -2.11. The number of alkyl halides is 3. The number of aryl methyl sites for hydroxylation is 1. The molecule has 31 heavy (non-hydrogen) atoms. The first-order valence-electron chi connectivity index (χ1n) is 9.57. The van der Waals surface area contributed by atoms with Gasteiger partial charge in [-0.15, -0.1) is 0 Å². The molecule has 2 aromatic heterocycles. The number of hydrogen-bond donors (Lipinski definition) is 2. The molecule has 0 unspecified atom stereocenters. The summed E-state index contributed by atoms with van der Waals surface area (Å²) in [5.74, 6) is -0.0151. The Bertz CT molecular complexity index is 1150. The van der Waals surface area contributed by atoms with Crippen LogP contribution in [-0.2, 0) is 17.5 Å². The van der Waals surface area contributed by atoms with Gasteiger partial charge in [-0.1, -0.05) is 26.0 Å². The summed E-state index contributed by atoms with van der Waals surface area (Å²) in [6.45, 7) is 5.59. The minimum atomic E-state index is -4.44. The number of nitrogens with zero attached hydrogens (tertiary/aromatic N) is 2. The number of H-pyrrole nitrogens is 1. The minimum Gasteiger partial charge on any atom is -0.352 e. The van der Waals surface area contributed by atoms with Gasteiger partial charge < -0.3 is 10.3 Å². The molecule has 3 rings (SSSR count). The highest BCUT2D eigenvalue weighted by Gasteiger charge is 2.30. The highest BCUT2D eigenvalue weighted by Crippen LogP contribution is 2.30. The maximum absolute atomic E-state index is 12.8. The van der Waals surface area contributed by atoms with Crippen molar-refractivity contribution in [3.8, 4) is 22.6 Å². The second-order valence-electron chi connectivity index (χ2n) is 7.40. The zero-order valence-electron chi connectivity index (χ0n) is 17.2. The summed E-state index contributed by atoms with van der Waals surface area (Å²) in [7, 11) is 0. The van der Waals surface area contributed by atoms with E-state index < -0.39 is 17.3 Å². The average molecular weight is 430 g/mol. The molecular weight excluding hydrogens is 409 g/mol. The van der Waals surface area contributed by atoms with E-state index in [1.807, 2.05) is 0 Å². The number of aromatic nitrogens is 3. The van der Waals surface area contributed by atoms with Crippen molar-refractivity contribution in [2.45, 2.75) is 33.5 Å². The molecule has 0 radical (unpaired) electrons. The maximum atomic E-state index is 12.8. The zero-order chi connectivity index (χ0) is 22.8. The Morgan fingerprint density at radius 3 is 2.45 bits per heavy atom. The van der Waals surface area contributed by atoms with Crippen molar-refractivity contribution in [2.24, 2.45) is 5.92 Å². The number of carbonyl (C=O) groups excluding carboxylic acids is 1. The molecule has 0 aliphatic carbocycles. The van der Waals surface area contributed by atoms with E-state index in [4.69, 9.17) is 0 Å². The van der Waals surface area contributed by atoms with E-state index in [9.17, 15) is 22.8 Å². The van der Waals surface area contributed by atoms with Gasteiger partial charge in [0, 0.05) is 41.5 Å². The van der Waals surface area contributed by atoms with Crippen molar-refractivity contribution in [1.29, 1.82) is 0 Å². The molecule has 3 aromatic rings. The summed E-state index contributed by atoms with van der Waals surface area (Å²) >= 11 is 0.